The minimum Gasteiger partial charge on any atom is -0.439 e. The van der Waals surface area contributed by atoms with E-state index in [9.17, 15) is 9.59 Å². The summed E-state index contributed by atoms with van der Waals surface area (Å²) in [5.41, 5.74) is 4.20. The lowest BCUT2D eigenvalue weighted by molar-refractivity contribution is 0.0972. The van der Waals surface area contributed by atoms with E-state index in [1.54, 1.807) is 18.2 Å². The molecule has 0 saturated heterocycles. The monoisotopic (exact) mass is 387 g/mol. The van der Waals surface area contributed by atoms with Crippen LogP contribution in [-0.2, 0) is 6.42 Å². The molecular formula is C23H21N3O3. The van der Waals surface area contributed by atoms with E-state index < -0.39 is 0 Å². The zero-order valence-corrected chi connectivity index (χ0v) is 16.1. The first kappa shape index (κ1) is 18.7. The number of nitrogens with zero attached hydrogens (tertiary/aromatic N) is 1. The number of urea groups is 1. The van der Waals surface area contributed by atoms with Crippen molar-refractivity contribution in [2.45, 2.75) is 26.2 Å². The van der Waals surface area contributed by atoms with Crippen molar-refractivity contribution in [3.05, 3.63) is 77.5 Å². The lowest BCUT2D eigenvalue weighted by Gasteiger charge is -2.15. The third-order valence-electron chi connectivity index (χ3n) is 4.75. The number of pyridine rings is 1. The number of aryl methyl sites for hydroxylation is 2. The highest BCUT2D eigenvalue weighted by atomic mass is 16.5. The summed E-state index contributed by atoms with van der Waals surface area (Å²) < 4.78 is 5.80. The Labute approximate surface area is 168 Å². The van der Waals surface area contributed by atoms with E-state index in [0.29, 0.717) is 29.4 Å². The number of anilines is 2. The number of fused-ring (bicyclic) bond motifs is 1. The average Bonchev–Trinajstić information content (AvgIpc) is 2.71. The normalized spacial score (nSPS) is 12.8. The zero-order valence-electron chi connectivity index (χ0n) is 16.1. The van der Waals surface area contributed by atoms with Crippen LogP contribution in [-0.4, -0.2) is 16.8 Å². The summed E-state index contributed by atoms with van der Waals surface area (Å²) in [6.45, 7) is 1.99. The summed E-state index contributed by atoms with van der Waals surface area (Å²) in [6.07, 6.45) is 3.90. The Balaban J connectivity index is 1.37. The minimum absolute atomic E-state index is 0.190. The van der Waals surface area contributed by atoms with Gasteiger partial charge in [0.1, 0.15) is 5.75 Å². The standard InChI is InChI=1S/C23H21N3O3/c1-15-5-7-17(8-6-15)25-23(28)26-18-9-12-22(24-14-18)29-19-10-11-20-16(13-19)3-2-4-21(20)27/h5-14H,2-4H2,1H3,(H2,25,26,28). The van der Waals surface area contributed by atoms with Crippen molar-refractivity contribution >= 4 is 23.2 Å². The second-order valence-electron chi connectivity index (χ2n) is 7.03. The molecule has 1 aliphatic carbocycles. The van der Waals surface area contributed by atoms with Gasteiger partial charge in [-0.05, 0) is 61.7 Å². The van der Waals surface area contributed by atoms with Crippen LogP contribution < -0.4 is 15.4 Å². The van der Waals surface area contributed by atoms with E-state index in [1.165, 1.54) is 6.20 Å². The van der Waals surface area contributed by atoms with Crippen molar-refractivity contribution in [3.63, 3.8) is 0 Å². The van der Waals surface area contributed by atoms with Crippen LogP contribution >= 0.6 is 0 Å². The van der Waals surface area contributed by atoms with Gasteiger partial charge in [0.05, 0.1) is 11.9 Å². The molecule has 4 rings (SSSR count). The smallest absolute Gasteiger partial charge is 0.323 e. The van der Waals surface area contributed by atoms with Crippen LogP contribution in [0, 0.1) is 6.92 Å². The van der Waals surface area contributed by atoms with Gasteiger partial charge >= 0.3 is 6.03 Å². The summed E-state index contributed by atoms with van der Waals surface area (Å²) in [5.74, 6) is 1.25. The van der Waals surface area contributed by atoms with E-state index in [1.807, 2.05) is 43.3 Å². The number of amides is 2. The number of Topliss-reactive ketones (excluding diaryl/α,β-unsaturated/α-hetero) is 1. The Morgan fingerprint density at radius 1 is 0.966 bits per heavy atom. The third kappa shape index (κ3) is 4.60. The van der Waals surface area contributed by atoms with Crippen molar-refractivity contribution in [1.29, 1.82) is 0 Å². The quantitative estimate of drug-likeness (QED) is 0.633. The van der Waals surface area contributed by atoms with Crippen LogP contribution in [0.1, 0.15) is 34.3 Å². The number of hydrogen-bond donors (Lipinski definition) is 2. The van der Waals surface area contributed by atoms with Gasteiger partial charge < -0.3 is 15.4 Å². The second kappa shape index (κ2) is 8.14. The Bertz CT molecular complexity index is 1040. The maximum absolute atomic E-state index is 12.1. The Morgan fingerprint density at radius 3 is 2.48 bits per heavy atom. The molecule has 2 N–H and O–H groups in total. The number of aromatic nitrogens is 1. The average molecular weight is 387 g/mol. The topological polar surface area (TPSA) is 80.3 Å². The summed E-state index contributed by atoms with van der Waals surface area (Å²) in [7, 11) is 0. The van der Waals surface area contributed by atoms with Crippen LogP contribution in [0.25, 0.3) is 0 Å². The molecule has 2 aromatic carbocycles. The Kier molecular flexibility index (Phi) is 5.24. The molecule has 0 unspecified atom stereocenters. The van der Waals surface area contributed by atoms with Gasteiger partial charge in [-0.1, -0.05) is 17.7 Å². The van der Waals surface area contributed by atoms with E-state index in [4.69, 9.17) is 4.74 Å². The number of ketones is 1. The molecule has 0 bridgehead atoms. The van der Waals surface area contributed by atoms with Gasteiger partial charge in [-0.25, -0.2) is 9.78 Å². The van der Waals surface area contributed by atoms with Crippen LogP contribution in [0.3, 0.4) is 0 Å². The molecule has 146 valence electrons. The molecule has 0 spiro atoms. The second-order valence-corrected chi connectivity index (χ2v) is 7.03. The molecule has 1 aliphatic rings. The highest BCUT2D eigenvalue weighted by Gasteiger charge is 2.17. The fourth-order valence-electron chi connectivity index (χ4n) is 3.25. The predicted octanol–water partition coefficient (Wildman–Crippen LogP) is 5.35. The van der Waals surface area contributed by atoms with Gasteiger partial charge in [-0.2, -0.15) is 0 Å². The van der Waals surface area contributed by atoms with Crippen LogP contribution in [0.5, 0.6) is 11.6 Å². The van der Waals surface area contributed by atoms with Crippen molar-refractivity contribution < 1.29 is 14.3 Å². The molecule has 0 fully saturated rings. The van der Waals surface area contributed by atoms with Crippen LogP contribution in [0.15, 0.2) is 60.8 Å². The number of rotatable bonds is 4. The Morgan fingerprint density at radius 2 is 1.72 bits per heavy atom. The lowest BCUT2D eigenvalue weighted by Crippen LogP contribution is -2.19. The lowest BCUT2D eigenvalue weighted by atomic mass is 9.91. The largest absolute Gasteiger partial charge is 0.439 e. The highest BCUT2D eigenvalue weighted by molar-refractivity contribution is 5.99. The van der Waals surface area contributed by atoms with Gasteiger partial charge in [0.15, 0.2) is 5.78 Å². The molecule has 2 amide bonds. The first-order valence-electron chi connectivity index (χ1n) is 9.51. The van der Waals surface area contributed by atoms with Crippen LogP contribution in [0.4, 0.5) is 16.2 Å². The SMILES string of the molecule is Cc1ccc(NC(=O)Nc2ccc(Oc3ccc4c(c3)CCCC4=O)nc2)cc1. The molecule has 29 heavy (non-hydrogen) atoms. The molecule has 0 aliphatic heterocycles. The first-order chi connectivity index (χ1) is 14.1. The fraction of sp³-hybridized carbons (Fsp3) is 0.174. The number of carbonyl (C=O) groups excluding carboxylic acids is 2. The molecule has 1 heterocycles. The minimum atomic E-state index is -0.344. The number of benzene rings is 2. The highest BCUT2D eigenvalue weighted by Crippen LogP contribution is 2.28. The summed E-state index contributed by atoms with van der Waals surface area (Å²) >= 11 is 0. The summed E-state index contributed by atoms with van der Waals surface area (Å²) in [5, 5.41) is 5.50. The van der Waals surface area contributed by atoms with Crippen molar-refractivity contribution in [2.24, 2.45) is 0 Å². The van der Waals surface area contributed by atoms with Gasteiger partial charge in [0.25, 0.3) is 0 Å². The fourth-order valence-corrected chi connectivity index (χ4v) is 3.25. The number of hydrogen-bond acceptors (Lipinski definition) is 4. The maximum Gasteiger partial charge on any atom is 0.323 e. The summed E-state index contributed by atoms with van der Waals surface area (Å²) in [4.78, 5) is 28.3. The van der Waals surface area contributed by atoms with Gasteiger partial charge in [-0.15, -0.1) is 0 Å². The van der Waals surface area contributed by atoms with Crippen molar-refractivity contribution in [2.75, 3.05) is 10.6 Å². The van der Waals surface area contributed by atoms with Crippen LogP contribution in [0.2, 0.25) is 0 Å². The van der Waals surface area contributed by atoms with E-state index in [-0.39, 0.29) is 11.8 Å². The van der Waals surface area contributed by atoms with Crippen molar-refractivity contribution in [1.82, 2.24) is 4.98 Å². The number of carbonyl (C=O) groups is 2. The van der Waals surface area contributed by atoms with Gasteiger partial charge in [0, 0.05) is 23.7 Å². The molecule has 1 aromatic heterocycles. The third-order valence-corrected chi connectivity index (χ3v) is 4.75. The van der Waals surface area contributed by atoms with Gasteiger partial charge in [0.2, 0.25) is 5.88 Å². The number of nitrogens with one attached hydrogen (secondary N) is 2. The number of ether oxygens (including phenoxy) is 1. The molecule has 6 nitrogen and oxygen atoms in total. The molecule has 6 heteroatoms. The zero-order chi connectivity index (χ0) is 20.2. The first-order valence-corrected chi connectivity index (χ1v) is 9.51. The molecular weight excluding hydrogens is 366 g/mol. The van der Waals surface area contributed by atoms with Crippen molar-refractivity contribution in [3.8, 4) is 11.6 Å². The molecule has 3 aromatic rings. The predicted molar refractivity (Wildman–Crippen MR) is 112 cm³/mol. The summed E-state index contributed by atoms with van der Waals surface area (Å²) in [6, 6.07) is 16.1. The van der Waals surface area contributed by atoms with Gasteiger partial charge in [-0.3, -0.25) is 4.79 Å². The molecule has 0 atom stereocenters. The van der Waals surface area contributed by atoms with E-state index >= 15 is 0 Å². The van der Waals surface area contributed by atoms with E-state index in [0.717, 1.165) is 29.5 Å². The van der Waals surface area contributed by atoms with E-state index in [2.05, 4.69) is 15.6 Å². The maximum atomic E-state index is 12.1. The molecule has 0 radical (unpaired) electrons. The molecule has 0 saturated carbocycles. The Hall–Kier alpha value is -3.67.